The molecule has 100 valence electrons. The van der Waals surface area contributed by atoms with E-state index in [1.54, 1.807) is 19.2 Å². The van der Waals surface area contributed by atoms with Crippen LogP contribution in [0.4, 0.5) is 10.1 Å². The Morgan fingerprint density at radius 1 is 0.900 bits per heavy atom. The first kappa shape index (κ1) is 12.5. The Labute approximate surface area is 116 Å². The fourth-order valence-corrected chi connectivity index (χ4v) is 2.28. The Bertz CT molecular complexity index is 783. The van der Waals surface area contributed by atoms with Crippen molar-refractivity contribution < 1.29 is 9.13 Å². The zero-order valence-electron chi connectivity index (χ0n) is 11.1. The molecule has 0 amide bonds. The molecule has 2 N–H and O–H groups in total. The summed E-state index contributed by atoms with van der Waals surface area (Å²) in [6, 6.07) is 16.4. The molecule has 0 aliphatic carbocycles. The SMILES string of the molecule is COc1ccc2cc(-c3ccc(N)cc3F)ccc2c1. The number of hydrogen-bond donors (Lipinski definition) is 1. The van der Waals surface area contributed by atoms with Crippen LogP contribution in [0.1, 0.15) is 0 Å². The topological polar surface area (TPSA) is 35.2 Å². The summed E-state index contributed by atoms with van der Waals surface area (Å²) in [5.74, 6) is 0.502. The summed E-state index contributed by atoms with van der Waals surface area (Å²) < 4.78 is 19.2. The molecule has 3 aromatic carbocycles. The molecular formula is C17H14FNO. The van der Waals surface area contributed by atoms with E-state index in [1.807, 2.05) is 36.4 Å². The summed E-state index contributed by atoms with van der Waals surface area (Å²) in [6.45, 7) is 0. The van der Waals surface area contributed by atoms with Gasteiger partial charge >= 0.3 is 0 Å². The zero-order valence-corrected chi connectivity index (χ0v) is 11.1. The van der Waals surface area contributed by atoms with Crippen molar-refractivity contribution in [2.45, 2.75) is 0 Å². The molecule has 0 aliphatic heterocycles. The molecule has 3 rings (SSSR count). The number of anilines is 1. The Kier molecular flexibility index (Phi) is 3.03. The predicted molar refractivity (Wildman–Crippen MR) is 80.3 cm³/mol. The van der Waals surface area contributed by atoms with E-state index in [2.05, 4.69) is 0 Å². The average molecular weight is 267 g/mol. The molecule has 3 aromatic rings. The highest BCUT2D eigenvalue weighted by Gasteiger charge is 2.06. The van der Waals surface area contributed by atoms with Crippen molar-refractivity contribution in [1.29, 1.82) is 0 Å². The Morgan fingerprint density at radius 3 is 2.40 bits per heavy atom. The summed E-state index contributed by atoms with van der Waals surface area (Å²) in [4.78, 5) is 0. The van der Waals surface area contributed by atoms with Crippen molar-refractivity contribution in [3.8, 4) is 16.9 Å². The molecule has 0 spiro atoms. The van der Waals surface area contributed by atoms with Gasteiger partial charge in [-0.3, -0.25) is 0 Å². The summed E-state index contributed by atoms with van der Waals surface area (Å²) in [5.41, 5.74) is 7.39. The third kappa shape index (κ3) is 2.18. The minimum atomic E-state index is -0.308. The maximum atomic E-state index is 14.0. The maximum absolute atomic E-state index is 14.0. The lowest BCUT2D eigenvalue weighted by atomic mass is 10.0. The highest BCUT2D eigenvalue weighted by Crippen LogP contribution is 2.29. The molecule has 0 radical (unpaired) electrons. The van der Waals surface area contributed by atoms with Crippen molar-refractivity contribution >= 4 is 16.5 Å². The summed E-state index contributed by atoms with van der Waals surface area (Å²) in [7, 11) is 1.64. The van der Waals surface area contributed by atoms with Gasteiger partial charge in [-0.15, -0.1) is 0 Å². The molecule has 2 nitrogen and oxygen atoms in total. The molecule has 3 heteroatoms. The van der Waals surface area contributed by atoms with E-state index < -0.39 is 0 Å². The van der Waals surface area contributed by atoms with Crippen LogP contribution in [0, 0.1) is 5.82 Å². The minimum absolute atomic E-state index is 0.308. The first-order valence-corrected chi connectivity index (χ1v) is 6.30. The van der Waals surface area contributed by atoms with Gasteiger partial charge in [0.1, 0.15) is 11.6 Å². The van der Waals surface area contributed by atoms with Crippen LogP contribution in [-0.2, 0) is 0 Å². The van der Waals surface area contributed by atoms with Crippen LogP contribution >= 0.6 is 0 Å². The van der Waals surface area contributed by atoms with Crippen LogP contribution in [0.3, 0.4) is 0 Å². The first-order valence-electron chi connectivity index (χ1n) is 6.30. The molecule has 0 atom stereocenters. The Hall–Kier alpha value is -2.55. The number of benzene rings is 3. The third-order valence-electron chi connectivity index (χ3n) is 3.35. The van der Waals surface area contributed by atoms with E-state index in [4.69, 9.17) is 10.5 Å². The number of hydrogen-bond acceptors (Lipinski definition) is 2. The lowest BCUT2D eigenvalue weighted by Crippen LogP contribution is -1.89. The van der Waals surface area contributed by atoms with Crippen LogP contribution in [0.5, 0.6) is 5.75 Å². The van der Waals surface area contributed by atoms with Crippen molar-refractivity contribution in [3.05, 3.63) is 60.4 Å². The minimum Gasteiger partial charge on any atom is -0.497 e. The molecule has 0 aliphatic rings. The van der Waals surface area contributed by atoms with E-state index >= 15 is 0 Å². The van der Waals surface area contributed by atoms with Crippen molar-refractivity contribution in [2.24, 2.45) is 0 Å². The van der Waals surface area contributed by atoms with Gasteiger partial charge < -0.3 is 10.5 Å². The lowest BCUT2D eigenvalue weighted by Gasteiger charge is -2.07. The Morgan fingerprint density at radius 2 is 1.65 bits per heavy atom. The average Bonchev–Trinajstić information content (AvgIpc) is 2.46. The lowest BCUT2D eigenvalue weighted by molar-refractivity contribution is 0.415. The van der Waals surface area contributed by atoms with Gasteiger partial charge in [0, 0.05) is 11.3 Å². The second-order valence-electron chi connectivity index (χ2n) is 4.67. The van der Waals surface area contributed by atoms with E-state index in [0.29, 0.717) is 11.3 Å². The van der Waals surface area contributed by atoms with E-state index in [0.717, 1.165) is 22.1 Å². The fourth-order valence-electron chi connectivity index (χ4n) is 2.28. The van der Waals surface area contributed by atoms with Gasteiger partial charge in [0.2, 0.25) is 0 Å². The normalized spacial score (nSPS) is 10.7. The number of methoxy groups -OCH3 is 1. The smallest absolute Gasteiger partial charge is 0.133 e. The van der Waals surface area contributed by atoms with Gasteiger partial charge in [0.05, 0.1) is 7.11 Å². The standard InChI is InChI=1S/C17H14FNO/c1-20-15-6-4-11-8-13(3-2-12(11)9-15)16-7-5-14(19)10-17(16)18/h2-10H,19H2,1H3. The van der Waals surface area contributed by atoms with Crippen LogP contribution in [-0.4, -0.2) is 7.11 Å². The van der Waals surface area contributed by atoms with E-state index in [1.165, 1.54) is 6.07 Å². The third-order valence-corrected chi connectivity index (χ3v) is 3.35. The highest BCUT2D eigenvalue weighted by atomic mass is 19.1. The number of rotatable bonds is 2. The van der Waals surface area contributed by atoms with Crippen molar-refractivity contribution in [1.82, 2.24) is 0 Å². The zero-order chi connectivity index (χ0) is 14.1. The summed E-state index contributed by atoms with van der Waals surface area (Å²) in [6.07, 6.45) is 0. The van der Waals surface area contributed by atoms with Gasteiger partial charge in [0.25, 0.3) is 0 Å². The number of ether oxygens (including phenoxy) is 1. The second-order valence-corrected chi connectivity index (χ2v) is 4.67. The molecule has 0 heterocycles. The number of fused-ring (bicyclic) bond motifs is 1. The molecule has 0 saturated heterocycles. The Balaban J connectivity index is 2.13. The maximum Gasteiger partial charge on any atom is 0.133 e. The number of halogens is 1. The van der Waals surface area contributed by atoms with E-state index in [9.17, 15) is 4.39 Å². The molecule has 0 bridgehead atoms. The molecule has 20 heavy (non-hydrogen) atoms. The fraction of sp³-hybridized carbons (Fsp3) is 0.0588. The van der Waals surface area contributed by atoms with Gasteiger partial charge in [-0.25, -0.2) is 4.39 Å². The molecule has 0 saturated carbocycles. The van der Waals surface area contributed by atoms with E-state index in [-0.39, 0.29) is 5.82 Å². The number of nitrogens with two attached hydrogens (primary N) is 1. The largest absolute Gasteiger partial charge is 0.497 e. The number of nitrogen functional groups attached to an aromatic ring is 1. The molecule has 0 aromatic heterocycles. The molecule has 0 unspecified atom stereocenters. The molecule has 0 fully saturated rings. The first-order chi connectivity index (χ1) is 9.67. The van der Waals surface area contributed by atoms with Crippen molar-refractivity contribution in [3.63, 3.8) is 0 Å². The monoisotopic (exact) mass is 267 g/mol. The van der Waals surface area contributed by atoms with Gasteiger partial charge in [-0.1, -0.05) is 18.2 Å². The predicted octanol–water partition coefficient (Wildman–Crippen LogP) is 4.24. The van der Waals surface area contributed by atoms with Crippen LogP contribution < -0.4 is 10.5 Å². The van der Waals surface area contributed by atoms with Crippen LogP contribution in [0.25, 0.3) is 21.9 Å². The van der Waals surface area contributed by atoms with Gasteiger partial charge in [-0.05, 0) is 52.7 Å². The van der Waals surface area contributed by atoms with Gasteiger partial charge in [-0.2, -0.15) is 0 Å². The highest BCUT2D eigenvalue weighted by molar-refractivity contribution is 5.88. The molecular weight excluding hydrogens is 253 g/mol. The van der Waals surface area contributed by atoms with Crippen LogP contribution in [0.2, 0.25) is 0 Å². The quantitative estimate of drug-likeness (QED) is 0.705. The van der Waals surface area contributed by atoms with Crippen LogP contribution in [0.15, 0.2) is 54.6 Å². The van der Waals surface area contributed by atoms with Crippen molar-refractivity contribution in [2.75, 3.05) is 12.8 Å². The van der Waals surface area contributed by atoms with Gasteiger partial charge in [0.15, 0.2) is 0 Å². The summed E-state index contributed by atoms with van der Waals surface area (Å²) in [5, 5.41) is 2.10. The second kappa shape index (κ2) is 4.85. The summed E-state index contributed by atoms with van der Waals surface area (Å²) >= 11 is 0.